The van der Waals surface area contributed by atoms with Gasteiger partial charge in [-0.05, 0) is 37.1 Å². The van der Waals surface area contributed by atoms with Gasteiger partial charge in [0.25, 0.3) is 5.91 Å². The van der Waals surface area contributed by atoms with Gasteiger partial charge in [0, 0.05) is 30.8 Å². The fourth-order valence-electron chi connectivity index (χ4n) is 3.67. The Balaban J connectivity index is 1.40. The maximum absolute atomic E-state index is 13.1. The zero-order chi connectivity index (χ0) is 23.4. The maximum Gasteiger partial charge on any atom is 0.286 e. The third-order valence-corrected chi connectivity index (χ3v) is 8.44. The summed E-state index contributed by atoms with van der Waals surface area (Å²) in [6, 6.07) is 13.7. The van der Waals surface area contributed by atoms with E-state index in [-0.39, 0.29) is 21.7 Å². The molecule has 4 rings (SSSR count). The molecule has 9 nitrogen and oxygen atoms in total. The van der Waals surface area contributed by atoms with Crippen LogP contribution in [0.5, 0.6) is 11.5 Å². The van der Waals surface area contributed by atoms with Crippen molar-refractivity contribution in [2.45, 2.75) is 23.7 Å². The van der Waals surface area contributed by atoms with Gasteiger partial charge in [-0.3, -0.25) is 4.79 Å². The highest BCUT2D eigenvalue weighted by atomic mass is 32.2. The summed E-state index contributed by atoms with van der Waals surface area (Å²) in [6.07, 6.45) is 1.20. The van der Waals surface area contributed by atoms with Gasteiger partial charge in [0.2, 0.25) is 15.0 Å². The van der Waals surface area contributed by atoms with Crippen LogP contribution in [-0.2, 0) is 10.0 Å². The third-order valence-electron chi connectivity index (χ3n) is 5.46. The van der Waals surface area contributed by atoms with Crippen molar-refractivity contribution in [3.8, 4) is 11.5 Å². The smallest absolute Gasteiger partial charge is 0.286 e. The minimum atomic E-state index is -3.67. The number of carbonyl (C=O) groups is 1. The van der Waals surface area contributed by atoms with Gasteiger partial charge in [0.15, 0.2) is 11.5 Å². The number of nitrogens with one attached hydrogen (secondary N) is 1. The zero-order valence-corrected chi connectivity index (χ0v) is 19.9. The first-order valence-corrected chi connectivity index (χ1v) is 12.6. The van der Waals surface area contributed by atoms with Crippen molar-refractivity contribution in [3.05, 3.63) is 58.5 Å². The topological polar surface area (TPSA) is 111 Å². The van der Waals surface area contributed by atoms with Crippen molar-refractivity contribution < 1.29 is 22.7 Å². The Morgan fingerprint density at radius 1 is 1.03 bits per heavy atom. The number of nitrogens with zero attached hydrogens (tertiary/aromatic N) is 3. The molecule has 1 aliphatic heterocycles. The zero-order valence-electron chi connectivity index (χ0n) is 18.2. The molecule has 0 spiro atoms. The number of amides is 1. The highest BCUT2D eigenvalue weighted by Gasteiger charge is 2.32. The monoisotopic (exact) mass is 488 g/mol. The Kier molecular flexibility index (Phi) is 6.91. The molecular formula is C22H24N4O5S2. The Bertz CT molecular complexity index is 1220. The lowest BCUT2D eigenvalue weighted by Gasteiger charge is -2.30. The number of piperidine rings is 1. The van der Waals surface area contributed by atoms with Crippen LogP contribution in [-0.4, -0.2) is 56.1 Å². The number of anilines is 1. The van der Waals surface area contributed by atoms with E-state index in [1.807, 2.05) is 18.2 Å². The summed E-state index contributed by atoms with van der Waals surface area (Å²) in [6.45, 7) is 0.707. The molecule has 0 saturated carbocycles. The van der Waals surface area contributed by atoms with Crippen molar-refractivity contribution >= 4 is 33.0 Å². The van der Waals surface area contributed by atoms with Crippen LogP contribution in [0.4, 0.5) is 5.69 Å². The van der Waals surface area contributed by atoms with E-state index >= 15 is 0 Å². The summed E-state index contributed by atoms with van der Waals surface area (Å²) in [4.78, 5) is 12.6. The van der Waals surface area contributed by atoms with Crippen LogP contribution in [0, 0.1) is 0 Å². The molecule has 0 atom stereocenters. The van der Waals surface area contributed by atoms with E-state index in [0.29, 0.717) is 43.1 Å². The molecule has 1 N–H and O–H groups in total. The molecule has 3 aromatic rings. The normalized spacial score (nSPS) is 15.2. The number of hydrogen-bond donors (Lipinski definition) is 1. The molecule has 1 aromatic heterocycles. The van der Waals surface area contributed by atoms with Crippen molar-refractivity contribution in [3.63, 3.8) is 0 Å². The number of carbonyl (C=O) groups excluding carboxylic acids is 1. The summed E-state index contributed by atoms with van der Waals surface area (Å²) in [7, 11) is -0.698. The van der Waals surface area contributed by atoms with Crippen LogP contribution in [0.1, 0.15) is 33.6 Å². The molecule has 0 bridgehead atoms. The molecular weight excluding hydrogens is 464 g/mol. The first-order chi connectivity index (χ1) is 15.9. The molecule has 0 unspecified atom stereocenters. The summed E-state index contributed by atoms with van der Waals surface area (Å²) >= 11 is 1.25. The second-order valence-corrected chi connectivity index (χ2v) is 10.4. The van der Waals surface area contributed by atoms with Gasteiger partial charge in [-0.15, -0.1) is 10.2 Å². The molecule has 11 heteroatoms. The largest absolute Gasteiger partial charge is 0.493 e. The molecule has 0 radical (unpaired) electrons. The second-order valence-electron chi connectivity index (χ2n) is 7.46. The molecule has 2 heterocycles. The number of aromatic nitrogens is 2. The first kappa shape index (κ1) is 23.1. The van der Waals surface area contributed by atoms with Gasteiger partial charge in [-0.25, -0.2) is 8.42 Å². The Morgan fingerprint density at radius 2 is 1.73 bits per heavy atom. The van der Waals surface area contributed by atoms with Crippen LogP contribution >= 0.6 is 11.3 Å². The van der Waals surface area contributed by atoms with Crippen LogP contribution in [0.15, 0.2) is 53.4 Å². The number of sulfonamides is 1. The van der Waals surface area contributed by atoms with E-state index in [9.17, 15) is 13.2 Å². The lowest BCUT2D eigenvalue weighted by atomic mass is 9.99. The maximum atomic E-state index is 13.1. The lowest BCUT2D eigenvalue weighted by Crippen LogP contribution is -2.37. The van der Waals surface area contributed by atoms with Crippen LogP contribution in [0.25, 0.3) is 0 Å². The summed E-state index contributed by atoms with van der Waals surface area (Å²) in [5, 5.41) is 12.1. The predicted octanol–water partition coefficient (Wildman–Crippen LogP) is 3.38. The van der Waals surface area contributed by atoms with Gasteiger partial charge < -0.3 is 14.8 Å². The van der Waals surface area contributed by atoms with Crippen molar-refractivity contribution in [1.29, 1.82) is 0 Å². The molecule has 1 amide bonds. The van der Waals surface area contributed by atoms with E-state index in [1.54, 1.807) is 18.2 Å². The Labute approximate surface area is 196 Å². The molecule has 2 aromatic carbocycles. The minimum Gasteiger partial charge on any atom is -0.493 e. The van der Waals surface area contributed by atoms with Gasteiger partial charge >= 0.3 is 0 Å². The number of hydrogen-bond acceptors (Lipinski definition) is 8. The predicted molar refractivity (Wildman–Crippen MR) is 125 cm³/mol. The van der Waals surface area contributed by atoms with E-state index in [4.69, 9.17) is 9.47 Å². The third kappa shape index (κ3) is 5.00. The van der Waals surface area contributed by atoms with Gasteiger partial charge in [-0.1, -0.05) is 29.5 Å². The molecule has 1 fully saturated rings. The summed E-state index contributed by atoms with van der Waals surface area (Å²) < 4.78 is 38.1. The molecule has 33 heavy (non-hydrogen) atoms. The molecule has 1 aliphatic rings. The molecule has 174 valence electrons. The quantitative estimate of drug-likeness (QED) is 0.543. The summed E-state index contributed by atoms with van der Waals surface area (Å²) in [5.41, 5.74) is 0.688. The lowest BCUT2D eigenvalue weighted by molar-refractivity contribution is 0.102. The molecule has 1 saturated heterocycles. The number of ether oxygens (including phenoxy) is 2. The van der Waals surface area contributed by atoms with E-state index in [2.05, 4.69) is 15.5 Å². The Morgan fingerprint density at radius 3 is 2.39 bits per heavy atom. The van der Waals surface area contributed by atoms with Crippen molar-refractivity contribution in [2.75, 3.05) is 32.6 Å². The van der Waals surface area contributed by atoms with E-state index < -0.39 is 10.0 Å². The van der Waals surface area contributed by atoms with Crippen molar-refractivity contribution in [1.82, 2.24) is 14.5 Å². The fourth-order valence-corrected chi connectivity index (χ4v) is 6.06. The van der Waals surface area contributed by atoms with E-state index in [0.717, 1.165) is 5.01 Å². The van der Waals surface area contributed by atoms with Gasteiger partial charge in [-0.2, -0.15) is 4.31 Å². The first-order valence-electron chi connectivity index (χ1n) is 10.3. The van der Waals surface area contributed by atoms with Crippen LogP contribution in [0.2, 0.25) is 0 Å². The summed E-state index contributed by atoms with van der Waals surface area (Å²) in [5.74, 6) is 0.582. The fraction of sp³-hybridized carbons (Fsp3) is 0.318. The molecule has 0 aliphatic carbocycles. The van der Waals surface area contributed by atoms with Crippen LogP contribution in [0.3, 0.4) is 0 Å². The van der Waals surface area contributed by atoms with Gasteiger partial charge in [0.05, 0.1) is 19.1 Å². The standard InChI is InChI=1S/C22H24N4O5S2/c1-30-18-9-8-17(14-19(18)31-2)33(28,29)26-12-10-15(11-13-26)21-24-25-22(32-21)20(27)23-16-6-4-3-5-7-16/h3-9,14-15H,10-13H2,1-2H3,(H,23,27). The second kappa shape index (κ2) is 9.86. The Hall–Kier alpha value is -3.02. The average Bonchev–Trinajstić information content (AvgIpc) is 3.35. The van der Waals surface area contributed by atoms with Gasteiger partial charge in [0.1, 0.15) is 5.01 Å². The highest BCUT2D eigenvalue weighted by Crippen LogP contribution is 2.34. The van der Waals surface area contributed by atoms with Crippen LogP contribution < -0.4 is 14.8 Å². The number of rotatable bonds is 7. The number of para-hydroxylation sites is 1. The minimum absolute atomic E-state index is 0.0534. The average molecular weight is 489 g/mol. The van der Waals surface area contributed by atoms with Crippen molar-refractivity contribution in [2.24, 2.45) is 0 Å². The number of methoxy groups -OCH3 is 2. The van der Waals surface area contributed by atoms with E-state index in [1.165, 1.54) is 42.0 Å². The number of benzene rings is 2. The highest BCUT2D eigenvalue weighted by molar-refractivity contribution is 7.89. The SMILES string of the molecule is COc1ccc(S(=O)(=O)N2CCC(c3nnc(C(=O)Nc4ccccc4)s3)CC2)cc1OC.